The van der Waals surface area contributed by atoms with Gasteiger partial charge in [0.1, 0.15) is 0 Å². The minimum Gasteiger partial charge on any atom is -0.449 e. The third kappa shape index (κ3) is 5.52. The molecule has 6 nitrogen and oxygen atoms in total. The Balaban J connectivity index is 1.61. The minimum absolute atomic E-state index is 0.240. The van der Waals surface area contributed by atoms with E-state index in [0.29, 0.717) is 16.3 Å². The Kier molecular flexibility index (Phi) is 6.41. The van der Waals surface area contributed by atoms with Gasteiger partial charge in [-0.2, -0.15) is 0 Å². The molecule has 29 heavy (non-hydrogen) atoms. The lowest BCUT2D eigenvalue weighted by Crippen LogP contribution is -2.30. The molecule has 7 heteroatoms. The van der Waals surface area contributed by atoms with Gasteiger partial charge in [0.25, 0.3) is 11.8 Å². The van der Waals surface area contributed by atoms with Gasteiger partial charge in [-0.05, 0) is 61.2 Å². The summed E-state index contributed by atoms with van der Waals surface area (Å²) >= 11 is 1.33. The first-order valence-corrected chi connectivity index (χ1v) is 9.84. The average Bonchev–Trinajstić information content (AvgIpc) is 3.23. The molecule has 1 aromatic heterocycles. The highest BCUT2D eigenvalue weighted by Crippen LogP contribution is 2.16. The molecule has 2 N–H and O–H groups in total. The molecular weight excluding hydrogens is 388 g/mol. The van der Waals surface area contributed by atoms with Gasteiger partial charge in [-0.15, -0.1) is 11.3 Å². The number of hydrogen-bond donors (Lipinski definition) is 2. The molecule has 0 saturated carbocycles. The Morgan fingerprint density at radius 1 is 0.931 bits per heavy atom. The lowest BCUT2D eigenvalue weighted by molar-refractivity contribution is -0.123. The second-order valence-corrected chi connectivity index (χ2v) is 7.37. The fourth-order valence-corrected chi connectivity index (χ4v) is 3.19. The number of amides is 2. The highest BCUT2D eigenvalue weighted by Gasteiger charge is 2.19. The summed E-state index contributed by atoms with van der Waals surface area (Å²) in [6, 6.07) is 17.2. The Labute approximate surface area is 172 Å². The van der Waals surface area contributed by atoms with Crippen LogP contribution in [0.5, 0.6) is 0 Å². The van der Waals surface area contributed by atoms with Gasteiger partial charge in [-0.3, -0.25) is 9.59 Å². The maximum atomic E-state index is 12.4. The van der Waals surface area contributed by atoms with Crippen LogP contribution >= 0.6 is 11.3 Å². The highest BCUT2D eigenvalue weighted by atomic mass is 32.1. The fraction of sp³-hybridized carbons (Fsp3) is 0.136. The summed E-state index contributed by atoms with van der Waals surface area (Å²) in [5.41, 5.74) is 2.35. The van der Waals surface area contributed by atoms with E-state index in [4.69, 9.17) is 4.74 Å². The molecule has 2 amide bonds. The van der Waals surface area contributed by atoms with E-state index in [-0.39, 0.29) is 11.5 Å². The van der Waals surface area contributed by atoms with Crippen molar-refractivity contribution < 1.29 is 19.1 Å². The predicted molar refractivity (Wildman–Crippen MR) is 113 cm³/mol. The van der Waals surface area contributed by atoms with Gasteiger partial charge in [0.15, 0.2) is 6.10 Å². The lowest BCUT2D eigenvalue weighted by atomic mass is 10.2. The number of carbonyl (C=O) groups excluding carboxylic acids is 3. The first-order chi connectivity index (χ1) is 13.9. The van der Waals surface area contributed by atoms with Gasteiger partial charge in [-0.25, -0.2) is 4.79 Å². The number of hydrogen-bond acceptors (Lipinski definition) is 5. The maximum absolute atomic E-state index is 12.4. The molecule has 0 radical (unpaired) electrons. The van der Waals surface area contributed by atoms with Crippen LogP contribution in [0.2, 0.25) is 0 Å². The van der Waals surface area contributed by atoms with Gasteiger partial charge in [0.05, 0.1) is 10.4 Å². The van der Waals surface area contributed by atoms with E-state index in [1.807, 2.05) is 30.5 Å². The van der Waals surface area contributed by atoms with Crippen molar-refractivity contribution in [2.24, 2.45) is 0 Å². The summed E-state index contributed by atoms with van der Waals surface area (Å²) in [5.74, 6) is -1.33. The average molecular weight is 408 g/mol. The van der Waals surface area contributed by atoms with Gasteiger partial charge in [0.2, 0.25) is 0 Å². The van der Waals surface area contributed by atoms with Crippen LogP contribution in [0.4, 0.5) is 11.4 Å². The number of benzene rings is 2. The second-order valence-electron chi connectivity index (χ2n) is 6.42. The van der Waals surface area contributed by atoms with Crippen molar-refractivity contribution in [3.05, 3.63) is 82.0 Å². The fourth-order valence-electron chi connectivity index (χ4n) is 2.57. The van der Waals surface area contributed by atoms with Crippen LogP contribution in [0.3, 0.4) is 0 Å². The number of esters is 1. The zero-order valence-electron chi connectivity index (χ0n) is 16.0. The number of carbonyl (C=O) groups is 3. The smallest absolute Gasteiger partial charge is 0.338 e. The van der Waals surface area contributed by atoms with Crippen LogP contribution in [-0.4, -0.2) is 23.9 Å². The van der Waals surface area contributed by atoms with Crippen LogP contribution in [0.15, 0.2) is 66.0 Å². The summed E-state index contributed by atoms with van der Waals surface area (Å²) in [6.07, 6.45) is -0.979. The molecule has 0 spiro atoms. The van der Waals surface area contributed by atoms with E-state index in [9.17, 15) is 14.4 Å². The van der Waals surface area contributed by atoms with Crippen molar-refractivity contribution in [2.75, 3.05) is 10.6 Å². The van der Waals surface area contributed by atoms with Crippen molar-refractivity contribution in [3.8, 4) is 0 Å². The number of anilines is 2. The standard InChI is InChI=1S/C22H20N2O4S/c1-14-6-3-8-17(12-14)23-20(25)15(2)28-22(27)16-7-4-9-18(13-16)24-21(26)19-10-5-11-29-19/h3-13,15H,1-2H3,(H,23,25)(H,24,26)/t15-/m1/s1. The molecule has 0 saturated heterocycles. The summed E-state index contributed by atoms with van der Waals surface area (Å²) in [6.45, 7) is 3.43. The van der Waals surface area contributed by atoms with Crippen LogP contribution in [0.25, 0.3) is 0 Å². The molecule has 3 rings (SSSR count). The van der Waals surface area contributed by atoms with Gasteiger partial charge in [-0.1, -0.05) is 24.3 Å². The van der Waals surface area contributed by atoms with E-state index < -0.39 is 18.0 Å². The van der Waals surface area contributed by atoms with Gasteiger partial charge < -0.3 is 15.4 Å². The molecule has 0 fully saturated rings. The third-order valence-corrected chi connectivity index (χ3v) is 4.91. The Morgan fingerprint density at radius 3 is 2.34 bits per heavy atom. The van der Waals surface area contributed by atoms with Crippen molar-refractivity contribution in [3.63, 3.8) is 0 Å². The Hall–Kier alpha value is -3.45. The largest absolute Gasteiger partial charge is 0.449 e. The SMILES string of the molecule is Cc1cccc(NC(=O)[C@@H](C)OC(=O)c2cccc(NC(=O)c3cccs3)c2)c1. The van der Waals surface area contributed by atoms with E-state index in [0.717, 1.165) is 5.56 Å². The molecule has 1 heterocycles. The molecule has 0 aliphatic carbocycles. The van der Waals surface area contributed by atoms with E-state index >= 15 is 0 Å². The van der Waals surface area contributed by atoms with Crippen LogP contribution in [-0.2, 0) is 9.53 Å². The van der Waals surface area contributed by atoms with Crippen LogP contribution < -0.4 is 10.6 Å². The number of ether oxygens (including phenoxy) is 1. The van der Waals surface area contributed by atoms with Gasteiger partial charge in [0, 0.05) is 11.4 Å². The molecular formula is C22H20N2O4S. The number of nitrogens with one attached hydrogen (secondary N) is 2. The number of rotatable bonds is 6. The van der Waals surface area contributed by atoms with E-state index in [1.165, 1.54) is 24.3 Å². The normalized spacial score (nSPS) is 11.4. The third-order valence-electron chi connectivity index (χ3n) is 4.04. The zero-order valence-corrected chi connectivity index (χ0v) is 16.8. The zero-order chi connectivity index (χ0) is 20.8. The molecule has 0 unspecified atom stereocenters. The van der Waals surface area contributed by atoms with Crippen LogP contribution in [0, 0.1) is 6.92 Å². The quantitative estimate of drug-likeness (QED) is 0.589. The van der Waals surface area contributed by atoms with Gasteiger partial charge >= 0.3 is 5.97 Å². The number of thiophene rings is 1. The number of aryl methyl sites for hydroxylation is 1. The van der Waals surface area contributed by atoms with E-state index in [2.05, 4.69) is 10.6 Å². The first kappa shape index (κ1) is 20.3. The molecule has 0 aliphatic rings. The lowest BCUT2D eigenvalue weighted by Gasteiger charge is -2.14. The summed E-state index contributed by atoms with van der Waals surface area (Å²) in [5, 5.41) is 7.27. The molecule has 0 bridgehead atoms. The highest BCUT2D eigenvalue weighted by molar-refractivity contribution is 7.12. The first-order valence-electron chi connectivity index (χ1n) is 8.96. The topological polar surface area (TPSA) is 84.5 Å². The second kappa shape index (κ2) is 9.16. The van der Waals surface area contributed by atoms with Crippen molar-refractivity contribution in [2.45, 2.75) is 20.0 Å². The van der Waals surface area contributed by atoms with E-state index in [1.54, 1.807) is 36.4 Å². The summed E-state index contributed by atoms with van der Waals surface area (Å²) in [4.78, 5) is 37.4. The van der Waals surface area contributed by atoms with Crippen molar-refractivity contribution in [1.82, 2.24) is 0 Å². The summed E-state index contributed by atoms with van der Waals surface area (Å²) in [7, 11) is 0. The Morgan fingerprint density at radius 2 is 1.66 bits per heavy atom. The monoisotopic (exact) mass is 408 g/mol. The van der Waals surface area contributed by atoms with Crippen LogP contribution in [0.1, 0.15) is 32.5 Å². The van der Waals surface area contributed by atoms with Crippen molar-refractivity contribution in [1.29, 1.82) is 0 Å². The van der Waals surface area contributed by atoms with Crippen molar-refractivity contribution >= 4 is 40.5 Å². The summed E-state index contributed by atoms with van der Waals surface area (Å²) < 4.78 is 5.27. The molecule has 1 atom stereocenters. The molecule has 148 valence electrons. The molecule has 0 aliphatic heterocycles. The minimum atomic E-state index is -0.979. The molecule has 2 aromatic carbocycles. The predicted octanol–water partition coefficient (Wildman–Crippen LogP) is 4.49. The molecule has 3 aromatic rings. The maximum Gasteiger partial charge on any atom is 0.338 e. The Bertz CT molecular complexity index is 1030.